The van der Waals surface area contributed by atoms with E-state index in [0.29, 0.717) is 0 Å². The van der Waals surface area contributed by atoms with E-state index < -0.39 is 5.82 Å². The van der Waals surface area contributed by atoms with Crippen molar-refractivity contribution in [3.05, 3.63) is 52.3 Å². The molecule has 1 saturated heterocycles. The van der Waals surface area contributed by atoms with Gasteiger partial charge in [-0.3, -0.25) is 4.79 Å². The quantitative estimate of drug-likeness (QED) is 0.941. The molecule has 1 amide bonds. The van der Waals surface area contributed by atoms with Gasteiger partial charge in [-0.15, -0.1) is 0 Å². The van der Waals surface area contributed by atoms with Gasteiger partial charge in [0, 0.05) is 18.4 Å². The zero-order valence-electron chi connectivity index (χ0n) is 12.3. The highest BCUT2D eigenvalue weighted by Gasteiger charge is 2.31. The van der Waals surface area contributed by atoms with Crippen LogP contribution < -0.4 is 0 Å². The molecule has 22 heavy (non-hydrogen) atoms. The van der Waals surface area contributed by atoms with E-state index in [1.807, 2.05) is 11.8 Å². The Morgan fingerprint density at radius 3 is 3.05 bits per heavy atom. The second-order valence-corrected chi connectivity index (χ2v) is 6.03. The molecule has 1 aliphatic heterocycles. The van der Waals surface area contributed by atoms with Crippen LogP contribution in [0.5, 0.6) is 0 Å². The first-order valence-corrected chi connectivity index (χ1v) is 7.67. The minimum atomic E-state index is -0.469. The van der Waals surface area contributed by atoms with Crippen LogP contribution >= 0.6 is 11.6 Å². The molecule has 0 bridgehead atoms. The van der Waals surface area contributed by atoms with Crippen LogP contribution in [0.15, 0.2) is 24.4 Å². The van der Waals surface area contributed by atoms with Crippen LogP contribution in [-0.4, -0.2) is 27.3 Å². The molecular weight excluding hydrogens is 305 g/mol. The number of aromatic nitrogens is 2. The molecule has 1 aromatic carbocycles. The number of amides is 1. The largest absolute Gasteiger partial charge is 0.344 e. The Morgan fingerprint density at radius 2 is 2.36 bits per heavy atom. The highest BCUT2D eigenvalue weighted by atomic mass is 35.5. The molecule has 116 valence electrons. The van der Waals surface area contributed by atoms with Gasteiger partial charge in [-0.1, -0.05) is 17.7 Å². The summed E-state index contributed by atoms with van der Waals surface area (Å²) < 4.78 is 13.2. The number of H-pyrrole nitrogens is 1. The van der Waals surface area contributed by atoms with Crippen molar-refractivity contribution >= 4 is 17.5 Å². The Balaban J connectivity index is 1.74. The van der Waals surface area contributed by atoms with Gasteiger partial charge in [-0.2, -0.15) is 0 Å². The number of hydrogen-bond donors (Lipinski definition) is 1. The van der Waals surface area contributed by atoms with Crippen molar-refractivity contribution in [2.24, 2.45) is 0 Å². The van der Waals surface area contributed by atoms with Crippen LogP contribution in [0.1, 0.15) is 36.0 Å². The number of nitrogens with zero attached hydrogens (tertiary/aromatic N) is 2. The lowest BCUT2D eigenvalue weighted by Crippen LogP contribution is -2.32. The van der Waals surface area contributed by atoms with Crippen molar-refractivity contribution in [3.8, 4) is 0 Å². The van der Waals surface area contributed by atoms with Crippen molar-refractivity contribution in [2.45, 2.75) is 32.2 Å². The van der Waals surface area contributed by atoms with Crippen LogP contribution in [0.2, 0.25) is 5.02 Å². The number of aromatic amines is 1. The van der Waals surface area contributed by atoms with Gasteiger partial charge in [0.15, 0.2) is 0 Å². The molecule has 2 heterocycles. The standard InChI is InChI=1S/C16H17ClFN3O/c1-10-9-19-16(20-10)14-3-2-6-21(14)15(22)8-11-4-5-13(18)12(17)7-11/h4-5,7,9,14H,2-3,6,8H2,1H3,(H,19,20). The van der Waals surface area contributed by atoms with Crippen molar-refractivity contribution in [2.75, 3.05) is 6.54 Å². The van der Waals surface area contributed by atoms with Gasteiger partial charge in [0.2, 0.25) is 5.91 Å². The number of carbonyl (C=O) groups excluding carboxylic acids is 1. The molecule has 1 N–H and O–H groups in total. The van der Waals surface area contributed by atoms with Crippen LogP contribution in [0.4, 0.5) is 4.39 Å². The first-order chi connectivity index (χ1) is 10.5. The van der Waals surface area contributed by atoms with Crippen molar-refractivity contribution < 1.29 is 9.18 Å². The number of benzene rings is 1. The van der Waals surface area contributed by atoms with E-state index in [0.717, 1.165) is 36.5 Å². The molecule has 1 aromatic heterocycles. The predicted molar refractivity (Wildman–Crippen MR) is 82.1 cm³/mol. The summed E-state index contributed by atoms with van der Waals surface area (Å²) in [5.41, 5.74) is 1.71. The highest BCUT2D eigenvalue weighted by molar-refractivity contribution is 6.30. The number of imidazole rings is 1. The molecule has 3 rings (SSSR count). The van der Waals surface area contributed by atoms with E-state index >= 15 is 0 Å². The van der Waals surface area contributed by atoms with Gasteiger partial charge in [0.1, 0.15) is 11.6 Å². The Labute approximate surface area is 133 Å². The third kappa shape index (κ3) is 2.99. The first-order valence-electron chi connectivity index (χ1n) is 7.29. The summed E-state index contributed by atoms with van der Waals surface area (Å²) in [4.78, 5) is 21.9. The van der Waals surface area contributed by atoms with E-state index in [-0.39, 0.29) is 23.4 Å². The fourth-order valence-electron chi connectivity index (χ4n) is 2.88. The van der Waals surface area contributed by atoms with Gasteiger partial charge in [0.25, 0.3) is 0 Å². The predicted octanol–water partition coefficient (Wildman–Crippen LogP) is 3.42. The maximum atomic E-state index is 13.2. The number of nitrogens with one attached hydrogen (secondary N) is 1. The van der Waals surface area contributed by atoms with E-state index in [1.54, 1.807) is 12.3 Å². The summed E-state index contributed by atoms with van der Waals surface area (Å²) in [7, 11) is 0. The summed E-state index contributed by atoms with van der Waals surface area (Å²) in [5, 5.41) is 0.0462. The summed E-state index contributed by atoms with van der Waals surface area (Å²) in [6.07, 6.45) is 3.86. The zero-order valence-corrected chi connectivity index (χ0v) is 13.0. The molecule has 1 aliphatic rings. The van der Waals surface area contributed by atoms with Crippen LogP contribution in [0.3, 0.4) is 0 Å². The number of hydrogen-bond acceptors (Lipinski definition) is 2. The Kier molecular flexibility index (Phi) is 4.16. The smallest absolute Gasteiger partial charge is 0.227 e. The van der Waals surface area contributed by atoms with Crippen molar-refractivity contribution in [1.82, 2.24) is 14.9 Å². The molecule has 1 atom stereocenters. The molecule has 2 aromatic rings. The third-order valence-corrected chi connectivity index (χ3v) is 4.24. The van der Waals surface area contributed by atoms with E-state index in [2.05, 4.69) is 9.97 Å². The lowest BCUT2D eigenvalue weighted by Gasteiger charge is -2.23. The van der Waals surface area contributed by atoms with Crippen LogP contribution in [-0.2, 0) is 11.2 Å². The summed E-state index contributed by atoms with van der Waals surface area (Å²) in [5.74, 6) is 0.377. The molecule has 0 radical (unpaired) electrons. The number of aryl methyl sites for hydroxylation is 1. The summed E-state index contributed by atoms with van der Waals surface area (Å²) in [6, 6.07) is 4.40. The fourth-order valence-corrected chi connectivity index (χ4v) is 3.08. The number of halogens is 2. The van der Waals surface area contributed by atoms with E-state index in [1.165, 1.54) is 12.1 Å². The summed E-state index contributed by atoms with van der Waals surface area (Å²) >= 11 is 5.77. The molecule has 4 nitrogen and oxygen atoms in total. The Morgan fingerprint density at radius 1 is 1.55 bits per heavy atom. The molecule has 0 aliphatic carbocycles. The highest BCUT2D eigenvalue weighted by Crippen LogP contribution is 2.30. The molecule has 0 spiro atoms. The number of carbonyl (C=O) groups is 1. The lowest BCUT2D eigenvalue weighted by atomic mass is 10.1. The minimum absolute atomic E-state index is 0.00267. The third-order valence-electron chi connectivity index (χ3n) is 3.95. The van der Waals surface area contributed by atoms with Gasteiger partial charge >= 0.3 is 0 Å². The zero-order chi connectivity index (χ0) is 15.7. The average Bonchev–Trinajstić information content (AvgIpc) is 3.11. The molecular formula is C16H17ClFN3O. The number of rotatable bonds is 3. The fraction of sp³-hybridized carbons (Fsp3) is 0.375. The Bertz CT molecular complexity index is 700. The van der Waals surface area contributed by atoms with Gasteiger partial charge in [0.05, 0.1) is 17.5 Å². The van der Waals surface area contributed by atoms with Gasteiger partial charge in [-0.05, 0) is 37.5 Å². The topological polar surface area (TPSA) is 49.0 Å². The second-order valence-electron chi connectivity index (χ2n) is 5.62. The lowest BCUT2D eigenvalue weighted by molar-refractivity contribution is -0.131. The summed E-state index contributed by atoms with van der Waals surface area (Å²) in [6.45, 7) is 2.66. The van der Waals surface area contributed by atoms with Crippen LogP contribution in [0, 0.1) is 12.7 Å². The van der Waals surface area contributed by atoms with Gasteiger partial charge < -0.3 is 9.88 Å². The van der Waals surface area contributed by atoms with E-state index in [9.17, 15) is 9.18 Å². The molecule has 1 fully saturated rings. The molecule has 0 saturated carbocycles. The minimum Gasteiger partial charge on any atom is -0.344 e. The monoisotopic (exact) mass is 321 g/mol. The molecule has 6 heteroatoms. The van der Waals surface area contributed by atoms with Crippen molar-refractivity contribution in [1.29, 1.82) is 0 Å². The van der Waals surface area contributed by atoms with Crippen molar-refractivity contribution in [3.63, 3.8) is 0 Å². The number of likely N-dealkylation sites (tertiary alicyclic amines) is 1. The first kappa shape index (κ1) is 15.0. The second kappa shape index (κ2) is 6.08. The maximum absolute atomic E-state index is 13.2. The van der Waals surface area contributed by atoms with Gasteiger partial charge in [-0.25, -0.2) is 9.37 Å². The maximum Gasteiger partial charge on any atom is 0.227 e. The SMILES string of the molecule is Cc1cnc(C2CCCN2C(=O)Cc2ccc(F)c(Cl)c2)[nH]1. The normalized spacial score (nSPS) is 18.0. The Hall–Kier alpha value is -1.88. The van der Waals surface area contributed by atoms with E-state index in [4.69, 9.17) is 11.6 Å². The van der Waals surface area contributed by atoms with Crippen LogP contribution in [0.25, 0.3) is 0 Å². The average molecular weight is 322 g/mol. The molecule has 1 unspecified atom stereocenters.